The van der Waals surface area contributed by atoms with Crippen LogP contribution in [0, 0.1) is 0 Å². The average molecular weight is 541 g/mol. The van der Waals surface area contributed by atoms with Crippen molar-refractivity contribution in [2.45, 2.75) is 44.5 Å². The Balaban J connectivity index is 1.11. The molecule has 2 bridgehead atoms. The molecule has 2 N–H and O–H groups in total. The van der Waals surface area contributed by atoms with Gasteiger partial charge in [-0.2, -0.15) is 5.10 Å². The van der Waals surface area contributed by atoms with Crippen LogP contribution < -0.4 is 14.4 Å². The summed E-state index contributed by atoms with van der Waals surface area (Å²) in [6.45, 7) is 6.42. The van der Waals surface area contributed by atoms with E-state index < -0.39 is 5.60 Å². The van der Waals surface area contributed by atoms with Crippen LogP contribution >= 0.6 is 0 Å². The number of nitrogens with zero attached hydrogens (tertiary/aromatic N) is 7. The summed E-state index contributed by atoms with van der Waals surface area (Å²) in [5, 5.41) is 22.8. The second kappa shape index (κ2) is 9.46. The Morgan fingerprint density at radius 3 is 2.62 bits per heavy atom. The maximum absolute atomic E-state index is 10.2. The Labute approximate surface area is 231 Å². The van der Waals surface area contributed by atoms with Gasteiger partial charge in [0.25, 0.3) is 0 Å². The normalized spacial score (nSPS) is 19.2. The first kappa shape index (κ1) is 24.8. The molecule has 0 aliphatic carbocycles. The third-order valence-electron chi connectivity index (χ3n) is 7.79. The molecular weight excluding hydrogens is 508 g/mol. The molecule has 206 valence electrons. The smallest absolute Gasteiger partial charge is 0.212 e. The number of fused-ring (bicyclic) bond motifs is 5. The Kier molecular flexibility index (Phi) is 5.86. The van der Waals surface area contributed by atoms with Crippen LogP contribution in [0.25, 0.3) is 27.7 Å². The van der Waals surface area contributed by atoms with Gasteiger partial charge in [-0.15, -0.1) is 5.10 Å². The van der Waals surface area contributed by atoms with Crippen molar-refractivity contribution < 1.29 is 14.6 Å². The van der Waals surface area contributed by atoms with Crippen molar-refractivity contribution in [1.29, 1.82) is 0 Å². The molecule has 2 atom stereocenters. The highest BCUT2D eigenvalue weighted by Gasteiger charge is 2.44. The fourth-order valence-corrected chi connectivity index (χ4v) is 5.80. The monoisotopic (exact) mass is 540 g/mol. The van der Waals surface area contributed by atoms with Crippen LogP contribution in [0.5, 0.6) is 11.6 Å². The standard InChI is InChI=1S/C29H32N8O3/c1-29(2,38)17-40-22-9-23(27-24-12-32-33-28(24)34-37(27)16-22)19-5-6-25(30-11-19)35-14-20-8-21(15-35)36(20)13-18-4-7-26(39-3)31-10-18/h4-7,9-12,16,20-21,38H,8,13-15,17H2,1-3H3,(H,33,34). The van der Waals surface area contributed by atoms with Crippen molar-refractivity contribution in [3.05, 3.63) is 60.7 Å². The molecule has 0 saturated carbocycles. The van der Waals surface area contributed by atoms with Crippen LogP contribution in [0.15, 0.2) is 55.1 Å². The van der Waals surface area contributed by atoms with E-state index in [9.17, 15) is 5.11 Å². The molecule has 0 spiro atoms. The number of H-pyrrole nitrogens is 1. The quantitative estimate of drug-likeness (QED) is 0.306. The Hall–Kier alpha value is -4.22. The number of hydrogen-bond donors (Lipinski definition) is 2. The first-order valence-corrected chi connectivity index (χ1v) is 13.5. The van der Waals surface area contributed by atoms with Crippen LogP contribution in [0.1, 0.15) is 25.8 Å². The maximum Gasteiger partial charge on any atom is 0.212 e. The highest BCUT2D eigenvalue weighted by molar-refractivity contribution is 6.00. The average Bonchev–Trinajstić information content (AvgIpc) is 3.56. The number of anilines is 1. The molecule has 2 unspecified atom stereocenters. The highest BCUT2D eigenvalue weighted by atomic mass is 16.5. The topological polar surface area (TPSA) is 117 Å². The highest BCUT2D eigenvalue weighted by Crippen LogP contribution is 2.37. The second-order valence-electron chi connectivity index (χ2n) is 11.4. The number of pyridine rings is 3. The first-order chi connectivity index (χ1) is 19.3. The van der Waals surface area contributed by atoms with Crippen LogP contribution in [0.4, 0.5) is 5.82 Å². The third-order valence-corrected chi connectivity index (χ3v) is 7.79. The fourth-order valence-electron chi connectivity index (χ4n) is 5.80. The minimum absolute atomic E-state index is 0.166. The zero-order valence-corrected chi connectivity index (χ0v) is 22.8. The molecule has 11 nitrogen and oxygen atoms in total. The van der Waals surface area contributed by atoms with Gasteiger partial charge in [0.2, 0.25) is 5.88 Å². The molecule has 40 heavy (non-hydrogen) atoms. The fraction of sp³-hybridized carbons (Fsp3) is 0.379. The lowest BCUT2D eigenvalue weighted by Crippen LogP contribution is -2.68. The molecule has 8 heterocycles. The zero-order chi connectivity index (χ0) is 27.4. The third kappa shape index (κ3) is 4.50. The van der Waals surface area contributed by atoms with E-state index in [-0.39, 0.29) is 6.61 Å². The molecular formula is C29H32N8O3. The van der Waals surface area contributed by atoms with Crippen molar-refractivity contribution in [2.75, 3.05) is 31.7 Å². The number of rotatable bonds is 8. The number of aromatic nitrogens is 6. The molecule has 3 aliphatic heterocycles. The number of piperidine rings is 1. The van der Waals surface area contributed by atoms with Crippen LogP contribution in [-0.4, -0.2) is 84.3 Å². The SMILES string of the molecule is COc1ccc(CN2C3CC2CN(c2ccc(-c4cc(OCC(C)(C)O)cn5nc6[nH]ncc6c45)cn2)C3)cn1. The lowest BCUT2D eigenvalue weighted by Gasteiger charge is -2.56. The minimum atomic E-state index is -0.950. The lowest BCUT2D eigenvalue weighted by atomic mass is 9.87. The van der Waals surface area contributed by atoms with Crippen molar-refractivity contribution >= 4 is 22.4 Å². The van der Waals surface area contributed by atoms with Gasteiger partial charge in [0.1, 0.15) is 18.2 Å². The number of nitrogens with one attached hydrogen (secondary N) is 1. The van der Waals surface area contributed by atoms with Gasteiger partial charge in [-0.1, -0.05) is 6.07 Å². The van der Waals surface area contributed by atoms with E-state index in [1.54, 1.807) is 31.7 Å². The van der Waals surface area contributed by atoms with Gasteiger partial charge >= 0.3 is 0 Å². The van der Waals surface area contributed by atoms with Gasteiger partial charge in [0.15, 0.2) is 5.65 Å². The molecule has 3 aliphatic rings. The number of aromatic amines is 1. The van der Waals surface area contributed by atoms with Crippen LogP contribution in [0.2, 0.25) is 0 Å². The molecule has 5 aromatic rings. The van der Waals surface area contributed by atoms with Gasteiger partial charge in [0.05, 0.1) is 36.0 Å². The Morgan fingerprint density at radius 1 is 1.07 bits per heavy atom. The lowest BCUT2D eigenvalue weighted by molar-refractivity contribution is -0.00876. The number of ether oxygens (including phenoxy) is 2. The van der Waals surface area contributed by atoms with Gasteiger partial charge in [-0.05, 0) is 44.0 Å². The Morgan fingerprint density at radius 2 is 1.93 bits per heavy atom. The largest absolute Gasteiger partial charge is 0.489 e. The second-order valence-corrected chi connectivity index (χ2v) is 11.4. The summed E-state index contributed by atoms with van der Waals surface area (Å²) in [7, 11) is 1.64. The molecule has 5 aromatic heterocycles. The van der Waals surface area contributed by atoms with E-state index in [4.69, 9.17) is 14.5 Å². The zero-order valence-electron chi connectivity index (χ0n) is 22.8. The number of methoxy groups -OCH3 is 1. The summed E-state index contributed by atoms with van der Waals surface area (Å²) >= 11 is 0. The summed E-state index contributed by atoms with van der Waals surface area (Å²) in [5.74, 6) is 2.25. The molecule has 0 amide bonds. The molecule has 0 aromatic carbocycles. The first-order valence-electron chi connectivity index (χ1n) is 13.5. The molecule has 0 radical (unpaired) electrons. The predicted octanol–water partition coefficient (Wildman–Crippen LogP) is 3.29. The van der Waals surface area contributed by atoms with Crippen molar-refractivity contribution in [3.63, 3.8) is 0 Å². The van der Waals surface area contributed by atoms with E-state index >= 15 is 0 Å². The summed E-state index contributed by atoms with van der Waals surface area (Å²) in [6, 6.07) is 11.2. The van der Waals surface area contributed by atoms with Crippen LogP contribution in [0.3, 0.4) is 0 Å². The van der Waals surface area contributed by atoms with E-state index in [0.717, 1.165) is 47.5 Å². The number of piperazine rings is 1. The summed E-state index contributed by atoms with van der Waals surface area (Å²) in [4.78, 5) is 14.2. The molecule has 8 rings (SSSR count). The predicted molar refractivity (Wildman–Crippen MR) is 151 cm³/mol. The van der Waals surface area contributed by atoms with Gasteiger partial charge < -0.3 is 19.5 Å². The summed E-state index contributed by atoms with van der Waals surface area (Å²) in [6.07, 6.45) is 8.66. The molecule has 3 fully saturated rings. The molecule has 11 heteroatoms. The Bertz CT molecular complexity index is 1640. The van der Waals surface area contributed by atoms with Gasteiger partial charge in [0, 0.05) is 61.3 Å². The van der Waals surface area contributed by atoms with Gasteiger partial charge in [-0.3, -0.25) is 10.00 Å². The van der Waals surface area contributed by atoms with E-state index in [1.807, 2.05) is 30.7 Å². The van der Waals surface area contributed by atoms with Crippen molar-refractivity contribution in [1.82, 2.24) is 34.7 Å². The van der Waals surface area contributed by atoms with E-state index in [2.05, 4.69) is 48.3 Å². The summed E-state index contributed by atoms with van der Waals surface area (Å²) < 4.78 is 12.9. The van der Waals surface area contributed by atoms with E-state index in [1.165, 1.54) is 12.0 Å². The van der Waals surface area contributed by atoms with Gasteiger partial charge in [-0.25, -0.2) is 14.5 Å². The number of hydrogen-bond acceptors (Lipinski definition) is 9. The minimum Gasteiger partial charge on any atom is -0.489 e. The molecule has 3 saturated heterocycles. The number of aliphatic hydroxyl groups is 1. The maximum atomic E-state index is 10.2. The van der Waals surface area contributed by atoms with Crippen molar-refractivity contribution in [3.8, 4) is 22.8 Å². The van der Waals surface area contributed by atoms with Crippen molar-refractivity contribution in [2.24, 2.45) is 0 Å². The van der Waals surface area contributed by atoms with Crippen LogP contribution in [-0.2, 0) is 6.54 Å². The van der Waals surface area contributed by atoms with E-state index in [0.29, 0.717) is 29.4 Å². The summed E-state index contributed by atoms with van der Waals surface area (Å²) in [5.41, 5.74) is 3.79.